The van der Waals surface area contributed by atoms with Gasteiger partial charge in [0.25, 0.3) is 0 Å². The van der Waals surface area contributed by atoms with Crippen molar-refractivity contribution in [2.24, 2.45) is 11.8 Å². The number of nitrogens with zero attached hydrogens (tertiary/aromatic N) is 3. The summed E-state index contributed by atoms with van der Waals surface area (Å²) < 4.78 is 0. The zero-order valence-electron chi connectivity index (χ0n) is 17.2. The number of nitriles is 1. The Bertz CT molecular complexity index is 1180. The van der Waals surface area contributed by atoms with Crippen molar-refractivity contribution in [3.05, 3.63) is 42.2 Å². The monoisotopic (exact) mass is 400 g/mol. The molecule has 0 radical (unpaired) electrons. The van der Waals surface area contributed by atoms with E-state index in [0.29, 0.717) is 17.9 Å². The van der Waals surface area contributed by atoms with Gasteiger partial charge in [0.1, 0.15) is 11.6 Å². The highest BCUT2D eigenvalue weighted by Gasteiger charge is 2.43. The van der Waals surface area contributed by atoms with Gasteiger partial charge in [0.2, 0.25) is 5.91 Å². The number of benzene rings is 1. The van der Waals surface area contributed by atoms with E-state index >= 15 is 0 Å². The second kappa shape index (κ2) is 7.64. The Balaban J connectivity index is 1.69. The number of anilines is 3. The number of nitrogens with two attached hydrogens (primary N) is 1. The Kier molecular flexibility index (Phi) is 5.00. The van der Waals surface area contributed by atoms with Crippen LogP contribution >= 0.6 is 0 Å². The molecule has 4 N–H and O–H groups in total. The molecule has 1 aliphatic carbocycles. The highest BCUT2D eigenvalue weighted by atomic mass is 16.2. The highest BCUT2D eigenvalue weighted by molar-refractivity contribution is 6.00. The van der Waals surface area contributed by atoms with E-state index in [2.05, 4.69) is 40.5 Å². The first kappa shape index (κ1) is 19.6. The SMILES string of the molecule is Cc1c(-c2cc(N)c3cnc(NC(=O)[C@H]4C[C@@H]4C#N)cc3c2)ccnc1NC(C)C. The average molecular weight is 400 g/mol. The lowest BCUT2D eigenvalue weighted by Crippen LogP contribution is -2.15. The molecule has 1 amide bonds. The second-order valence-electron chi connectivity index (χ2n) is 8.05. The van der Waals surface area contributed by atoms with Crippen LogP contribution in [0.2, 0.25) is 0 Å². The lowest BCUT2D eigenvalue weighted by molar-refractivity contribution is -0.117. The number of hydrogen-bond acceptors (Lipinski definition) is 6. The molecule has 2 aromatic heterocycles. The Morgan fingerprint density at radius 3 is 2.80 bits per heavy atom. The summed E-state index contributed by atoms with van der Waals surface area (Å²) in [5.41, 5.74) is 9.99. The third kappa shape index (κ3) is 3.77. The Hall–Kier alpha value is -3.66. The predicted molar refractivity (Wildman–Crippen MR) is 119 cm³/mol. The van der Waals surface area contributed by atoms with Gasteiger partial charge in [-0.15, -0.1) is 0 Å². The maximum absolute atomic E-state index is 12.3. The minimum atomic E-state index is -0.241. The molecule has 7 nitrogen and oxygen atoms in total. The summed E-state index contributed by atoms with van der Waals surface area (Å²) in [6.45, 7) is 6.18. The number of carbonyl (C=O) groups excluding carboxylic acids is 1. The first-order valence-corrected chi connectivity index (χ1v) is 9.99. The number of aromatic nitrogens is 2. The lowest BCUT2D eigenvalue weighted by Gasteiger charge is -2.16. The van der Waals surface area contributed by atoms with E-state index in [1.165, 1.54) is 0 Å². The van der Waals surface area contributed by atoms with Gasteiger partial charge in [0.05, 0.1) is 17.9 Å². The first-order valence-electron chi connectivity index (χ1n) is 9.99. The molecule has 0 saturated heterocycles. The molecule has 2 atom stereocenters. The van der Waals surface area contributed by atoms with Crippen LogP contribution in [0.3, 0.4) is 0 Å². The van der Waals surface area contributed by atoms with Gasteiger partial charge in [0.15, 0.2) is 0 Å². The summed E-state index contributed by atoms with van der Waals surface area (Å²) in [4.78, 5) is 21.0. The minimum absolute atomic E-state index is 0.160. The van der Waals surface area contributed by atoms with Gasteiger partial charge < -0.3 is 16.4 Å². The average Bonchev–Trinajstić information content (AvgIpc) is 3.49. The molecule has 2 heterocycles. The van der Waals surface area contributed by atoms with Crippen LogP contribution in [0.5, 0.6) is 0 Å². The molecule has 30 heavy (non-hydrogen) atoms. The minimum Gasteiger partial charge on any atom is -0.398 e. The van der Waals surface area contributed by atoms with Gasteiger partial charge >= 0.3 is 0 Å². The van der Waals surface area contributed by atoms with Crippen LogP contribution in [-0.4, -0.2) is 21.9 Å². The Labute approximate surface area is 175 Å². The maximum Gasteiger partial charge on any atom is 0.230 e. The zero-order valence-corrected chi connectivity index (χ0v) is 17.2. The summed E-state index contributed by atoms with van der Waals surface area (Å²) in [5, 5.41) is 16.8. The van der Waals surface area contributed by atoms with Crippen LogP contribution in [0.25, 0.3) is 21.9 Å². The van der Waals surface area contributed by atoms with E-state index in [9.17, 15) is 4.79 Å². The summed E-state index contributed by atoms with van der Waals surface area (Å²) >= 11 is 0. The molecule has 0 unspecified atom stereocenters. The van der Waals surface area contributed by atoms with Gasteiger partial charge in [-0.05, 0) is 73.5 Å². The van der Waals surface area contributed by atoms with E-state index in [4.69, 9.17) is 11.0 Å². The van der Waals surface area contributed by atoms with Crippen molar-refractivity contribution in [1.82, 2.24) is 9.97 Å². The van der Waals surface area contributed by atoms with Crippen molar-refractivity contribution >= 4 is 34.0 Å². The Morgan fingerprint density at radius 2 is 2.10 bits per heavy atom. The molecule has 1 saturated carbocycles. The molecular formula is C23H24N6O. The van der Waals surface area contributed by atoms with Crippen molar-refractivity contribution in [3.63, 3.8) is 0 Å². The molecule has 7 heteroatoms. The van der Waals surface area contributed by atoms with Crippen LogP contribution in [-0.2, 0) is 4.79 Å². The number of rotatable bonds is 5. The van der Waals surface area contributed by atoms with Gasteiger partial charge in [-0.25, -0.2) is 9.97 Å². The molecule has 1 fully saturated rings. The van der Waals surface area contributed by atoms with Gasteiger partial charge in [0, 0.05) is 29.5 Å². The van der Waals surface area contributed by atoms with Crippen molar-refractivity contribution in [1.29, 1.82) is 5.26 Å². The molecule has 3 aromatic rings. The standard InChI is InChI=1S/C23H24N6O/c1-12(2)28-22-13(3)17(4-5-26-22)14-6-15-9-21(27-11-19(15)20(25)8-14)29-23(30)18-7-16(18)10-24/h4-6,8-9,11-12,16,18H,7,25H2,1-3H3,(H,26,28)(H,27,29,30)/t16-,18+/m1/s1. The van der Waals surface area contributed by atoms with Crippen LogP contribution < -0.4 is 16.4 Å². The van der Waals surface area contributed by atoms with Gasteiger partial charge in [-0.1, -0.05) is 0 Å². The molecule has 0 aliphatic heterocycles. The molecule has 0 bridgehead atoms. The van der Waals surface area contributed by atoms with Crippen LogP contribution in [0.4, 0.5) is 17.3 Å². The third-order valence-electron chi connectivity index (χ3n) is 5.35. The van der Waals surface area contributed by atoms with Crippen molar-refractivity contribution in [2.45, 2.75) is 33.2 Å². The summed E-state index contributed by atoms with van der Waals surface area (Å²) in [6.07, 6.45) is 4.07. The van der Waals surface area contributed by atoms with Crippen molar-refractivity contribution in [2.75, 3.05) is 16.4 Å². The van der Waals surface area contributed by atoms with Crippen molar-refractivity contribution < 1.29 is 4.79 Å². The maximum atomic E-state index is 12.3. The third-order valence-corrected chi connectivity index (χ3v) is 5.35. The van der Waals surface area contributed by atoms with Crippen LogP contribution in [0.1, 0.15) is 25.8 Å². The molecule has 1 aromatic carbocycles. The quantitative estimate of drug-likeness (QED) is 0.555. The zero-order chi connectivity index (χ0) is 21.4. The summed E-state index contributed by atoms with van der Waals surface area (Å²) in [7, 11) is 0. The normalized spacial score (nSPS) is 17.6. The molecule has 152 valence electrons. The summed E-state index contributed by atoms with van der Waals surface area (Å²) in [6, 6.07) is 10.2. The summed E-state index contributed by atoms with van der Waals surface area (Å²) in [5.74, 6) is 0.722. The van der Waals surface area contributed by atoms with Crippen LogP contribution in [0, 0.1) is 30.1 Å². The first-order chi connectivity index (χ1) is 14.4. The molecule has 4 rings (SSSR count). The van der Waals surface area contributed by atoms with E-state index < -0.39 is 0 Å². The number of amides is 1. The van der Waals surface area contributed by atoms with E-state index in [1.807, 2.05) is 31.2 Å². The fourth-order valence-electron chi connectivity index (χ4n) is 3.62. The van der Waals surface area contributed by atoms with Crippen molar-refractivity contribution in [3.8, 4) is 17.2 Å². The number of carbonyl (C=O) groups is 1. The van der Waals surface area contributed by atoms with Crippen LogP contribution in [0.15, 0.2) is 36.7 Å². The highest BCUT2D eigenvalue weighted by Crippen LogP contribution is 2.39. The lowest BCUT2D eigenvalue weighted by atomic mass is 9.98. The molecule has 1 aliphatic rings. The number of fused-ring (bicyclic) bond motifs is 1. The molecule has 0 spiro atoms. The van der Waals surface area contributed by atoms with E-state index in [1.54, 1.807) is 12.4 Å². The topological polar surface area (TPSA) is 117 Å². The van der Waals surface area contributed by atoms with Gasteiger partial charge in [-0.2, -0.15) is 5.26 Å². The largest absolute Gasteiger partial charge is 0.398 e. The van der Waals surface area contributed by atoms with E-state index in [-0.39, 0.29) is 23.8 Å². The number of nitrogens with one attached hydrogen (secondary N) is 2. The number of nitrogen functional groups attached to an aromatic ring is 1. The van der Waals surface area contributed by atoms with Gasteiger partial charge in [-0.3, -0.25) is 4.79 Å². The Morgan fingerprint density at radius 1 is 1.30 bits per heavy atom. The smallest absolute Gasteiger partial charge is 0.230 e. The molecular weight excluding hydrogens is 376 g/mol. The second-order valence-corrected chi connectivity index (χ2v) is 8.05. The predicted octanol–water partition coefficient (Wildman–Crippen LogP) is 4.11. The number of pyridine rings is 2. The fraction of sp³-hybridized carbons (Fsp3) is 0.304. The van der Waals surface area contributed by atoms with E-state index in [0.717, 1.165) is 33.3 Å². The fourth-order valence-corrected chi connectivity index (χ4v) is 3.62. The number of hydrogen-bond donors (Lipinski definition) is 3.